The minimum atomic E-state index is -2.93. The molecule has 0 saturated heterocycles. The molecule has 132 valence electrons. The van der Waals surface area contributed by atoms with E-state index in [9.17, 15) is 18.4 Å². The number of carbonyl (C=O) groups excluding carboxylic acids is 2. The Labute approximate surface area is 151 Å². The van der Waals surface area contributed by atoms with Gasteiger partial charge in [0.15, 0.2) is 6.61 Å². The van der Waals surface area contributed by atoms with Gasteiger partial charge in [-0.3, -0.25) is 4.79 Å². The number of amides is 1. The Morgan fingerprint density at radius 1 is 1.04 bits per heavy atom. The number of alkyl halides is 2. The molecule has 0 unspecified atom stereocenters. The summed E-state index contributed by atoms with van der Waals surface area (Å²) in [6.07, 6.45) is 0. The molecule has 0 bridgehead atoms. The maximum atomic E-state index is 12.0. The molecule has 0 aromatic heterocycles. The number of benzene rings is 2. The zero-order chi connectivity index (χ0) is 18.4. The molecule has 0 radical (unpaired) electrons. The molecule has 2 aromatic carbocycles. The van der Waals surface area contributed by atoms with E-state index in [4.69, 9.17) is 27.9 Å². The summed E-state index contributed by atoms with van der Waals surface area (Å²) in [6.45, 7) is -3.46. The van der Waals surface area contributed by atoms with Crippen LogP contribution in [0.2, 0.25) is 10.0 Å². The van der Waals surface area contributed by atoms with E-state index in [2.05, 4.69) is 10.1 Å². The number of esters is 1. The van der Waals surface area contributed by atoms with Crippen LogP contribution in [0.3, 0.4) is 0 Å². The van der Waals surface area contributed by atoms with Gasteiger partial charge in [0.1, 0.15) is 5.75 Å². The van der Waals surface area contributed by atoms with E-state index in [0.717, 1.165) is 0 Å². The third kappa shape index (κ3) is 5.88. The van der Waals surface area contributed by atoms with E-state index in [1.165, 1.54) is 42.5 Å². The van der Waals surface area contributed by atoms with Crippen LogP contribution in [-0.2, 0) is 9.53 Å². The summed E-state index contributed by atoms with van der Waals surface area (Å²) >= 11 is 11.5. The molecule has 0 saturated carbocycles. The summed E-state index contributed by atoms with van der Waals surface area (Å²) in [6, 6.07) is 9.45. The average molecular weight is 390 g/mol. The van der Waals surface area contributed by atoms with Crippen LogP contribution < -0.4 is 10.1 Å². The third-order valence-corrected chi connectivity index (χ3v) is 3.59. The minimum absolute atomic E-state index is 0.0426. The van der Waals surface area contributed by atoms with Crippen molar-refractivity contribution in [2.24, 2.45) is 0 Å². The Kier molecular flexibility index (Phi) is 6.55. The SMILES string of the molecule is O=C(COC(=O)c1ccc(Cl)c(Cl)c1)Nc1ccc(OC(F)F)cc1. The average Bonchev–Trinajstić information content (AvgIpc) is 2.56. The Balaban J connectivity index is 1.85. The van der Waals surface area contributed by atoms with Gasteiger partial charge in [0.05, 0.1) is 15.6 Å². The zero-order valence-corrected chi connectivity index (χ0v) is 14.0. The number of hydrogen-bond acceptors (Lipinski definition) is 4. The van der Waals surface area contributed by atoms with E-state index < -0.39 is 25.1 Å². The summed E-state index contributed by atoms with van der Waals surface area (Å²) in [5, 5.41) is 2.92. The van der Waals surface area contributed by atoms with Crippen LogP contribution in [0, 0.1) is 0 Å². The van der Waals surface area contributed by atoms with E-state index in [1.54, 1.807) is 0 Å². The fraction of sp³-hybridized carbons (Fsp3) is 0.125. The van der Waals surface area contributed by atoms with Crippen molar-refractivity contribution in [3.05, 3.63) is 58.1 Å². The molecule has 5 nitrogen and oxygen atoms in total. The Morgan fingerprint density at radius 3 is 2.32 bits per heavy atom. The molecule has 9 heteroatoms. The van der Waals surface area contributed by atoms with Gasteiger partial charge in [-0.1, -0.05) is 23.2 Å². The highest BCUT2D eigenvalue weighted by atomic mass is 35.5. The van der Waals surface area contributed by atoms with Crippen molar-refractivity contribution in [1.82, 2.24) is 0 Å². The van der Waals surface area contributed by atoms with E-state index in [-0.39, 0.29) is 21.4 Å². The topological polar surface area (TPSA) is 64.6 Å². The molecular formula is C16H11Cl2F2NO4. The van der Waals surface area contributed by atoms with Crippen molar-refractivity contribution >= 4 is 40.8 Å². The molecule has 0 fully saturated rings. The molecule has 0 aliphatic heterocycles. The lowest BCUT2D eigenvalue weighted by atomic mass is 10.2. The van der Waals surface area contributed by atoms with Crippen molar-refractivity contribution in [3.8, 4) is 5.75 Å². The first-order valence-corrected chi connectivity index (χ1v) is 7.57. The molecule has 0 aliphatic rings. The van der Waals surface area contributed by atoms with Crippen molar-refractivity contribution in [3.63, 3.8) is 0 Å². The summed E-state index contributed by atoms with van der Waals surface area (Å²) in [7, 11) is 0. The van der Waals surface area contributed by atoms with Crippen molar-refractivity contribution in [2.75, 3.05) is 11.9 Å². The Hall–Kier alpha value is -2.38. The molecule has 25 heavy (non-hydrogen) atoms. The van der Waals surface area contributed by atoms with Crippen LogP contribution >= 0.6 is 23.2 Å². The predicted octanol–water partition coefficient (Wildman–Crippen LogP) is 4.39. The first-order chi connectivity index (χ1) is 11.8. The third-order valence-electron chi connectivity index (χ3n) is 2.85. The quantitative estimate of drug-likeness (QED) is 0.744. The first kappa shape index (κ1) is 19.0. The van der Waals surface area contributed by atoms with Crippen molar-refractivity contribution in [1.29, 1.82) is 0 Å². The van der Waals surface area contributed by atoms with Crippen molar-refractivity contribution < 1.29 is 27.8 Å². The second-order valence-electron chi connectivity index (χ2n) is 4.66. The lowest BCUT2D eigenvalue weighted by molar-refractivity contribution is -0.119. The maximum absolute atomic E-state index is 12.0. The van der Waals surface area contributed by atoms with Crippen LogP contribution in [0.15, 0.2) is 42.5 Å². The van der Waals surface area contributed by atoms with Crippen LogP contribution in [0.1, 0.15) is 10.4 Å². The van der Waals surface area contributed by atoms with Crippen LogP contribution in [0.25, 0.3) is 0 Å². The Morgan fingerprint density at radius 2 is 1.72 bits per heavy atom. The number of rotatable bonds is 6. The molecular weight excluding hydrogens is 379 g/mol. The van der Waals surface area contributed by atoms with Gasteiger partial charge in [0, 0.05) is 5.69 Å². The lowest BCUT2D eigenvalue weighted by Gasteiger charge is -2.08. The molecule has 0 spiro atoms. The summed E-state index contributed by atoms with van der Waals surface area (Å²) in [4.78, 5) is 23.6. The fourth-order valence-electron chi connectivity index (χ4n) is 1.75. The van der Waals surface area contributed by atoms with Crippen LogP contribution in [-0.4, -0.2) is 25.1 Å². The molecule has 1 N–H and O–H groups in total. The molecule has 1 amide bonds. The first-order valence-electron chi connectivity index (χ1n) is 6.82. The monoisotopic (exact) mass is 389 g/mol. The summed E-state index contributed by atoms with van der Waals surface area (Å²) in [5.41, 5.74) is 0.480. The van der Waals surface area contributed by atoms with Gasteiger partial charge in [-0.2, -0.15) is 8.78 Å². The fourth-order valence-corrected chi connectivity index (χ4v) is 2.05. The minimum Gasteiger partial charge on any atom is -0.452 e. The Bertz CT molecular complexity index is 769. The van der Waals surface area contributed by atoms with E-state index >= 15 is 0 Å². The normalized spacial score (nSPS) is 10.4. The highest BCUT2D eigenvalue weighted by Crippen LogP contribution is 2.23. The van der Waals surface area contributed by atoms with Gasteiger partial charge < -0.3 is 14.8 Å². The van der Waals surface area contributed by atoms with Crippen molar-refractivity contribution in [2.45, 2.75) is 6.61 Å². The van der Waals surface area contributed by atoms with Gasteiger partial charge in [-0.05, 0) is 42.5 Å². The lowest BCUT2D eigenvalue weighted by Crippen LogP contribution is -2.20. The van der Waals surface area contributed by atoms with E-state index in [1.807, 2.05) is 0 Å². The maximum Gasteiger partial charge on any atom is 0.387 e. The number of halogens is 4. The standard InChI is InChI=1S/C16H11Cl2F2NO4/c17-12-6-1-9(7-13(12)18)15(23)24-8-14(22)21-10-2-4-11(5-3-10)25-16(19)20/h1-7,16H,8H2,(H,21,22). The van der Waals surface area contributed by atoms with Crippen LogP contribution in [0.5, 0.6) is 5.75 Å². The van der Waals surface area contributed by atoms with Gasteiger partial charge in [0.25, 0.3) is 5.91 Å². The number of ether oxygens (including phenoxy) is 2. The number of carbonyl (C=O) groups is 2. The second-order valence-corrected chi connectivity index (χ2v) is 5.47. The second kappa shape index (κ2) is 8.64. The van der Waals surface area contributed by atoms with E-state index in [0.29, 0.717) is 5.69 Å². The largest absolute Gasteiger partial charge is 0.452 e. The molecule has 0 atom stereocenters. The summed E-state index contributed by atoms with van der Waals surface area (Å²) < 4.78 is 33.1. The predicted molar refractivity (Wildman–Crippen MR) is 88.4 cm³/mol. The molecule has 0 heterocycles. The van der Waals surface area contributed by atoms with Gasteiger partial charge in [-0.25, -0.2) is 4.79 Å². The highest BCUT2D eigenvalue weighted by molar-refractivity contribution is 6.42. The smallest absolute Gasteiger partial charge is 0.387 e. The van der Waals surface area contributed by atoms with Crippen LogP contribution in [0.4, 0.5) is 14.5 Å². The van der Waals surface area contributed by atoms with Gasteiger partial charge >= 0.3 is 12.6 Å². The zero-order valence-electron chi connectivity index (χ0n) is 12.5. The molecule has 2 aromatic rings. The number of anilines is 1. The molecule has 2 rings (SSSR count). The highest BCUT2D eigenvalue weighted by Gasteiger charge is 2.12. The van der Waals surface area contributed by atoms with Gasteiger partial charge in [-0.15, -0.1) is 0 Å². The van der Waals surface area contributed by atoms with Gasteiger partial charge in [0.2, 0.25) is 0 Å². The number of hydrogen-bond donors (Lipinski definition) is 1. The summed E-state index contributed by atoms with van der Waals surface area (Å²) in [5.74, 6) is -1.38. The molecule has 0 aliphatic carbocycles. The number of nitrogens with one attached hydrogen (secondary N) is 1.